The van der Waals surface area contributed by atoms with Crippen LogP contribution in [-0.4, -0.2) is 42.1 Å². The van der Waals surface area contributed by atoms with Gasteiger partial charge in [-0.05, 0) is 21.0 Å². The molecule has 0 aliphatic carbocycles. The Morgan fingerprint density at radius 2 is 2.00 bits per heavy atom. The van der Waals surface area contributed by atoms with Gasteiger partial charge in [0.1, 0.15) is 18.0 Å². The van der Waals surface area contributed by atoms with Crippen molar-refractivity contribution in [3.63, 3.8) is 0 Å². The maximum atomic E-state index is 5.32. The summed E-state index contributed by atoms with van der Waals surface area (Å²) in [5.41, 5.74) is 3.46. The first kappa shape index (κ1) is 11.7. The zero-order chi connectivity index (χ0) is 11.3. The molecule has 0 bridgehead atoms. The van der Waals surface area contributed by atoms with Gasteiger partial charge in [-0.15, -0.1) is 0 Å². The average Bonchev–Trinajstić information content (AvgIpc) is 2.20. The number of hydrazine groups is 1. The van der Waals surface area contributed by atoms with E-state index in [0.29, 0.717) is 5.82 Å². The monoisotopic (exact) mass is 210 g/mol. The van der Waals surface area contributed by atoms with Crippen LogP contribution >= 0.6 is 0 Å². The Kier molecular flexibility index (Phi) is 4.26. The largest absolute Gasteiger partial charge is 0.368 e. The third-order valence-electron chi connectivity index (χ3n) is 2.07. The predicted molar refractivity (Wildman–Crippen MR) is 61.6 cm³/mol. The van der Waals surface area contributed by atoms with Gasteiger partial charge in [-0.25, -0.2) is 15.8 Å². The molecular weight excluding hydrogens is 192 g/mol. The number of nitrogen functional groups attached to an aromatic ring is 1. The van der Waals surface area contributed by atoms with Crippen LogP contribution in [0.1, 0.15) is 5.56 Å². The molecule has 0 saturated carbocycles. The summed E-state index contributed by atoms with van der Waals surface area (Å²) in [6, 6.07) is 0. The van der Waals surface area contributed by atoms with E-state index in [0.717, 1.165) is 24.5 Å². The van der Waals surface area contributed by atoms with E-state index in [9.17, 15) is 0 Å². The van der Waals surface area contributed by atoms with Gasteiger partial charge in [0.05, 0.1) is 0 Å². The van der Waals surface area contributed by atoms with E-state index in [4.69, 9.17) is 5.84 Å². The fraction of sp³-hybridized carbons (Fsp3) is 0.556. The quantitative estimate of drug-likeness (QED) is 0.470. The summed E-state index contributed by atoms with van der Waals surface area (Å²) < 4.78 is 0. The van der Waals surface area contributed by atoms with Crippen molar-refractivity contribution in [2.24, 2.45) is 5.84 Å². The highest BCUT2D eigenvalue weighted by molar-refractivity contribution is 5.55. The summed E-state index contributed by atoms with van der Waals surface area (Å²) in [4.78, 5) is 10.3. The first-order valence-electron chi connectivity index (χ1n) is 4.82. The van der Waals surface area contributed by atoms with Gasteiger partial charge in [-0.3, -0.25) is 0 Å². The molecule has 4 N–H and O–H groups in total. The Morgan fingerprint density at radius 3 is 2.60 bits per heavy atom. The third-order valence-corrected chi connectivity index (χ3v) is 2.07. The molecular formula is C9H18N6. The molecule has 15 heavy (non-hydrogen) atoms. The topological polar surface area (TPSA) is 79.1 Å². The van der Waals surface area contributed by atoms with E-state index in [1.54, 1.807) is 0 Å². The zero-order valence-electron chi connectivity index (χ0n) is 9.41. The van der Waals surface area contributed by atoms with Crippen LogP contribution in [0.5, 0.6) is 0 Å². The number of rotatable bonds is 5. The summed E-state index contributed by atoms with van der Waals surface area (Å²) >= 11 is 0. The van der Waals surface area contributed by atoms with E-state index in [2.05, 4.69) is 25.6 Å². The highest BCUT2D eigenvalue weighted by Gasteiger charge is 2.04. The molecule has 0 spiro atoms. The van der Waals surface area contributed by atoms with Gasteiger partial charge in [0.15, 0.2) is 0 Å². The number of nitrogens with two attached hydrogens (primary N) is 1. The molecule has 1 aromatic heterocycles. The van der Waals surface area contributed by atoms with Crippen molar-refractivity contribution in [1.29, 1.82) is 0 Å². The number of nitrogens with zero attached hydrogens (tertiary/aromatic N) is 3. The van der Waals surface area contributed by atoms with Crippen LogP contribution in [0.25, 0.3) is 0 Å². The zero-order valence-corrected chi connectivity index (χ0v) is 9.41. The normalized spacial score (nSPS) is 10.5. The fourth-order valence-electron chi connectivity index (χ4n) is 1.17. The first-order valence-corrected chi connectivity index (χ1v) is 4.82. The van der Waals surface area contributed by atoms with E-state index < -0.39 is 0 Å². The van der Waals surface area contributed by atoms with Crippen molar-refractivity contribution < 1.29 is 0 Å². The highest BCUT2D eigenvalue weighted by atomic mass is 15.3. The van der Waals surface area contributed by atoms with Crippen LogP contribution in [0.15, 0.2) is 6.33 Å². The van der Waals surface area contributed by atoms with Crippen molar-refractivity contribution in [2.45, 2.75) is 6.92 Å². The van der Waals surface area contributed by atoms with Crippen LogP contribution < -0.4 is 16.6 Å². The molecule has 0 aromatic carbocycles. The lowest BCUT2D eigenvalue weighted by Crippen LogP contribution is -2.22. The second-order valence-electron chi connectivity index (χ2n) is 3.57. The van der Waals surface area contributed by atoms with Crippen molar-refractivity contribution >= 4 is 11.6 Å². The maximum absolute atomic E-state index is 5.32. The summed E-state index contributed by atoms with van der Waals surface area (Å²) in [6.07, 6.45) is 1.49. The number of likely N-dealkylation sites (N-methyl/N-ethyl adjacent to an activating group) is 1. The molecule has 0 unspecified atom stereocenters. The molecule has 1 aromatic rings. The number of aromatic nitrogens is 2. The molecule has 6 nitrogen and oxygen atoms in total. The highest BCUT2D eigenvalue weighted by Crippen LogP contribution is 2.16. The second-order valence-corrected chi connectivity index (χ2v) is 3.57. The summed E-state index contributed by atoms with van der Waals surface area (Å²) in [7, 11) is 4.06. The van der Waals surface area contributed by atoms with Gasteiger partial charge >= 0.3 is 0 Å². The Hall–Kier alpha value is -1.40. The SMILES string of the molecule is Cc1c(NN)ncnc1NCCN(C)C. The number of hydrogen-bond donors (Lipinski definition) is 3. The Labute approximate surface area is 89.9 Å². The van der Waals surface area contributed by atoms with Crippen LogP contribution in [-0.2, 0) is 0 Å². The van der Waals surface area contributed by atoms with Gasteiger partial charge in [0, 0.05) is 18.7 Å². The average molecular weight is 210 g/mol. The lowest BCUT2D eigenvalue weighted by atomic mass is 10.3. The van der Waals surface area contributed by atoms with E-state index in [1.165, 1.54) is 6.33 Å². The molecule has 6 heteroatoms. The van der Waals surface area contributed by atoms with Crippen LogP contribution in [0.2, 0.25) is 0 Å². The van der Waals surface area contributed by atoms with Gasteiger partial charge in [-0.1, -0.05) is 0 Å². The molecule has 0 radical (unpaired) electrons. The standard InChI is InChI=1S/C9H18N6/c1-7-8(11-4-5-15(2)3)12-6-13-9(7)14-10/h6H,4-5,10H2,1-3H3,(H2,11,12,13,14). The van der Waals surface area contributed by atoms with E-state index in [-0.39, 0.29) is 0 Å². The maximum Gasteiger partial charge on any atom is 0.148 e. The van der Waals surface area contributed by atoms with Gasteiger partial charge in [-0.2, -0.15) is 0 Å². The molecule has 0 aliphatic rings. The van der Waals surface area contributed by atoms with Crippen LogP contribution in [0, 0.1) is 6.92 Å². The van der Waals surface area contributed by atoms with Crippen LogP contribution in [0.3, 0.4) is 0 Å². The second kappa shape index (κ2) is 5.47. The number of hydrogen-bond acceptors (Lipinski definition) is 6. The Morgan fingerprint density at radius 1 is 1.33 bits per heavy atom. The minimum absolute atomic E-state index is 0.650. The minimum atomic E-state index is 0.650. The molecule has 0 atom stereocenters. The van der Waals surface area contributed by atoms with Gasteiger partial charge in [0.2, 0.25) is 0 Å². The third kappa shape index (κ3) is 3.34. The van der Waals surface area contributed by atoms with Crippen molar-refractivity contribution in [1.82, 2.24) is 14.9 Å². The van der Waals surface area contributed by atoms with Crippen molar-refractivity contribution in [2.75, 3.05) is 37.9 Å². The Balaban J connectivity index is 2.61. The van der Waals surface area contributed by atoms with Crippen LogP contribution in [0.4, 0.5) is 11.6 Å². The predicted octanol–water partition coefficient (Wildman–Crippen LogP) is 0.0441. The van der Waals surface area contributed by atoms with Gasteiger partial charge < -0.3 is 15.6 Å². The fourth-order valence-corrected chi connectivity index (χ4v) is 1.17. The van der Waals surface area contributed by atoms with Crippen molar-refractivity contribution in [3.05, 3.63) is 11.9 Å². The smallest absolute Gasteiger partial charge is 0.148 e. The summed E-state index contributed by atoms with van der Waals surface area (Å²) in [5, 5.41) is 3.23. The molecule has 1 rings (SSSR count). The van der Waals surface area contributed by atoms with E-state index in [1.807, 2.05) is 21.0 Å². The molecule has 0 aliphatic heterocycles. The Bertz CT molecular complexity index is 311. The molecule has 1 heterocycles. The minimum Gasteiger partial charge on any atom is -0.368 e. The lowest BCUT2D eigenvalue weighted by Gasteiger charge is -2.13. The number of nitrogens with one attached hydrogen (secondary N) is 2. The molecule has 0 fully saturated rings. The number of anilines is 2. The van der Waals surface area contributed by atoms with E-state index >= 15 is 0 Å². The van der Waals surface area contributed by atoms with Crippen molar-refractivity contribution in [3.8, 4) is 0 Å². The molecule has 0 saturated heterocycles. The summed E-state index contributed by atoms with van der Waals surface area (Å²) in [5.74, 6) is 6.79. The summed E-state index contributed by atoms with van der Waals surface area (Å²) in [6.45, 7) is 3.72. The first-order chi connectivity index (χ1) is 7.15. The lowest BCUT2D eigenvalue weighted by molar-refractivity contribution is 0.425. The van der Waals surface area contributed by atoms with Gasteiger partial charge in [0.25, 0.3) is 0 Å². The molecule has 84 valence electrons. The molecule has 0 amide bonds.